The molecule has 0 saturated carbocycles. The number of carbonyl (C=O) groups excluding carboxylic acids is 1. The number of nitrogens with zero attached hydrogens (tertiary/aromatic N) is 3. The maximum atomic E-state index is 12.8. The van der Waals surface area contributed by atoms with Crippen LogP contribution in [0.4, 0.5) is 5.69 Å². The molecule has 36 heavy (non-hydrogen) atoms. The number of aromatic carboxylic acids is 1. The molecule has 0 radical (unpaired) electrons. The number of nitriles is 1. The van der Waals surface area contributed by atoms with E-state index in [2.05, 4.69) is 11.1 Å². The van der Waals surface area contributed by atoms with E-state index in [1.54, 1.807) is 55.6 Å². The third-order valence-electron chi connectivity index (χ3n) is 5.33. The lowest BCUT2D eigenvalue weighted by atomic mass is 10.1. The molecule has 1 saturated heterocycles. The van der Waals surface area contributed by atoms with Crippen LogP contribution in [0.15, 0.2) is 76.6 Å². The number of carboxylic acids is 1. The van der Waals surface area contributed by atoms with E-state index in [-0.39, 0.29) is 18.1 Å². The summed E-state index contributed by atoms with van der Waals surface area (Å²) in [7, 11) is 3.15. The topological polar surface area (TPSA) is 112 Å². The SMILES string of the molecule is COc1cc(C=C2SC(=Nc3cccc(C(=O)O)c3)N(C)C2=O)ccc1OCc1ccccc1C#N. The Kier molecular flexibility index (Phi) is 7.37. The number of hydrogen-bond donors (Lipinski definition) is 1. The van der Waals surface area contributed by atoms with Gasteiger partial charge in [-0.3, -0.25) is 9.69 Å². The molecule has 9 heteroatoms. The summed E-state index contributed by atoms with van der Waals surface area (Å²) in [5, 5.41) is 18.9. The highest BCUT2D eigenvalue weighted by Gasteiger charge is 2.30. The van der Waals surface area contributed by atoms with Crippen LogP contribution in [0.3, 0.4) is 0 Å². The molecule has 180 valence electrons. The van der Waals surface area contributed by atoms with Crippen LogP contribution in [0.1, 0.15) is 27.0 Å². The zero-order valence-electron chi connectivity index (χ0n) is 19.5. The molecule has 1 aliphatic rings. The van der Waals surface area contributed by atoms with Crippen molar-refractivity contribution >= 4 is 40.6 Å². The fraction of sp³-hybridized carbons (Fsp3) is 0.111. The van der Waals surface area contributed by atoms with Gasteiger partial charge in [-0.1, -0.05) is 30.3 Å². The van der Waals surface area contributed by atoms with Gasteiger partial charge in [0, 0.05) is 12.6 Å². The van der Waals surface area contributed by atoms with Crippen molar-refractivity contribution in [1.82, 2.24) is 4.90 Å². The molecule has 8 nitrogen and oxygen atoms in total. The zero-order valence-corrected chi connectivity index (χ0v) is 20.3. The van der Waals surface area contributed by atoms with E-state index >= 15 is 0 Å². The minimum atomic E-state index is -1.04. The van der Waals surface area contributed by atoms with Crippen LogP contribution in [-0.4, -0.2) is 41.2 Å². The van der Waals surface area contributed by atoms with Crippen molar-refractivity contribution < 1.29 is 24.2 Å². The highest BCUT2D eigenvalue weighted by atomic mass is 32.2. The number of carbonyl (C=O) groups is 2. The van der Waals surface area contributed by atoms with E-state index in [1.165, 1.54) is 35.9 Å². The van der Waals surface area contributed by atoms with E-state index in [1.807, 2.05) is 12.1 Å². The van der Waals surface area contributed by atoms with Crippen molar-refractivity contribution in [1.29, 1.82) is 5.26 Å². The lowest BCUT2D eigenvalue weighted by molar-refractivity contribution is -0.121. The second-order valence-corrected chi connectivity index (χ2v) is 8.70. The van der Waals surface area contributed by atoms with Gasteiger partial charge < -0.3 is 14.6 Å². The fourth-order valence-corrected chi connectivity index (χ4v) is 4.41. The van der Waals surface area contributed by atoms with Gasteiger partial charge in [-0.2, -0.15) is 5.26 Å². The highest BCUT2D eigenvalue weighted by Crippen LogP contribution is 2.35. The lowest BCUT2D eigenvalue weighted by Gasteiger charge is -2.12. The molecule has 0 atom stereocenters. The molecular formula is C27H21N3O5S. The number of ether oxygens (including phenoxy) is 2. The number of methoxy groups -OCH3 is 1. The van der Waals surface area contributed by atoms with E-state index in [0.29, 0.717) is 32.8 Å². The molecule has 1 aliphatic heterocycles. The van der Waals surface area contributed by atoms with Gasteiger partial charge in [-0.05, 0) is 59.8 Å². The standard InChI is InChI=1S/C27H21N3O5S/c1-30-25(31)24(36-27(30)29-21-9-5-8-18(14-21)26(32)33)13-17-10-11-22(23(12-17)34-2)35-16-20-7-4-3-6-19(20)15-28/h3-14H,16H2,1-2H3,(H,32,33). The number of amidine groups is 1. The lowest BCUT2D eigenvalue weighted by Crippen LogP contribution is -2.23. The van der Waals surface area contributed by atoms with E-state index in [4.69, 9.17) is 9.47 Å². The van der Waals surface area contributed by atoms with Crippen LogP contribution in [0.25, 0.3) is 6.08 Å². The average Bonchev–Trinajstić information content (AvgIpc) is 3.15. The number of amides is 1. The van der Waals surface area contributed by atoms with Gasteiger partial charge in [0.25, 0.3) is 5.91 Å². The molecule has 1 N–H and O–H groups in total. The Hall–Kier alpha value is -4.55. The van der Waals surface area contributed by atoms with Crippen LogP contribution in [0.5, 0.6) is 11.5 Å². The summed E-state index contributed by atoms with van der Waals surface area (Å²) in [6.07, 6.45) is 1.73. The van der Waals surface area contributed by atoms with Crippen LogP contribution >= 0.6 is 11.8 Å². The van der Waals surface area contributed by atoms with Crippen molar-refractivity contribution in [2.75, 3.05) is 14.2 Å². The molecule has 1 heterocycles. The first-order valence-electron chi connectivity index (χ1n) is 10.8. The van der Waals surface area contributed by atoms with Crippen molar-refractivity contribution in [3.05, 3.63) is 93.9 Å². The third kappa shape index (κ3) is 5.40. The van der Waals surface area contributed by atoms with Gasteiger partial charge in [-0.15, -0.1) is 0 Å². The molecule has 1 fully saturated rings. The summed E-state index contributed by atoms with van der Waals surface area (Å²) in [6, 6.07) is 20.9. The quantitative estimate of drug-likeness (QED) is 0.451. The van der Waals surface area contributed by atoms with Crippen molar-refractivity contribution in [2.45, 2.75) is 6.61 Å². The fourth-order valence-electron chi connectivity index (χ4n) is 3.43. The largest absolute Gasteiger partial charge is 0.493 e. The number of rotatable bonds is 7. The number of aliphatic imine (C=N–C) groups is 1. The van der Waals surface area contributed by atoms with Crippen LogP contribution < -0.4 is 9.47 Å². The first kappa shape index (κ1) is 24.6. The molecule has 3 aromatic rings. The van der Waals surface area contributed by atoms with Crippen molar-refractivity contribution in [3.8, 4) is 17.6 Å². The van der Waals surface area contributed by atoms with Gasteiger partial charge in [0.1, 0.15) is 6.61 Å². The van der Waals surface area contributed by atoms with E-state index in [9.17, 15) is 20.0 Å². The monoisotopic (exact) mass is 499 g/mol. The zero-order chi connectivity index (χ0) is 25.7. The van der Waals surface area contributed by atoms with Crippen molar-refractivity contribution in [2.24, 2.45) is 4.99 Å². The number of benzene rings is 3. The van der Waals surface area contributed by atoms with E-state index in [0.717, 1.165) is 11.1 Å². The summed E-state index contributed by atoms with van der Waals surface area (Å²) in [5.41, 5.74) is 2.61. The molecule has 0 bridgehead atoms. The predicted molar refractivity (Wildman–Crippen MR) is 137 cm³/mol. The summed E-state index contributed by atoms with van der Waals surface area (Å²) >= 11 is 1.20. The highest BCUT2D eigenvalue weighted by molar-refractivity contribution is 8.18. The van der Waals surface area contributed by atoms with Gasteiger partial charge in [0.15, 0.2) is 16.7 Å². The van der Waals surface area contributed by atoms with Gasteiger partial charge in [-0.25, -0.2) is 9.79 Å². The Morgan fingerprint density at radius 3 is 2.69 bits per heavy atom. The summed E-state index contributed by atoms with van der Waals surface area (Å²) in [6.45, 7) is 0.211. The molecule has 0 aromatic heterocycles. The number of carboxylic acid groups (broad SMARTS) is 1. The molecule has 1 amide bonds. The minimum absolute atomic E-state index is 0.120. The van der Waals surface area contributed by atoms with Gasteiger partial charge in [0.05, 0.1) is 34.9 Å². The van der Waals surface area contributed by atoms with E-state index < -0.39 is 5.97 Å². The maximum Gasteiger partial charge on any atom is 0.335 e. The van der Waals surface area contributed by atoms with Crippen molar-refractivity contribution in [3.63, 3.8) is 0 Å². The Balaban J connectivity index is 1.54. The number of thioether (sulfide) groups is 1. The molecule has 0 unspecified atom stereocenters. The summed E-state index contributed by atoms with van der Waals surface area (Å²) in [4.78, 5) is 30.4. The average molecular weight is 500 g/mol. The summed E-state index contributed by atoms with van der Waals surface area (Å²) in [5.74, 6) is -0.269. The Morgan fingerprint density at radius 2 is 1.94 bits per heavy atom. The molecule has 0 spiro atoms. The van der Waals surface area contributed by atoms with Crippen LogP contribution in [-0.2, 0) is 11.4 Å². The Bertz CT molecular complexity index is 1440. The second kappa shape index (κ2) is 10.8. The first-order chi connectivity index (χ1) is 17.4. The number of hydrogen-bond acceptors (Lipinski definition) is 7. The second-order valence-electron chi connectivity index (χ2n) is 7.69. The normalized spacial score (nSPS) is 15.2. The molecule has 3 aromatic carbocycles. The molecule has 0 aliphatic carbocycles. The van der Waals surface area contributed by atoms with Crippen LogP contribution in [0, 0.1) is 11.3 Å². The smallest absolute Gasteiger partial charge is 0.335 e. The Labute approximate surface area is 212 Å². The molecular weight excluding hydrogens is 478 g/mol. The Morgan fingerprint density at radius 1 is 1.14 bits per heavy atom. The molecule has 4 rings (SSSR count). The predicted octanol–water partition coefficient (Wildman–Crippen LogP) is 5.08. The maximum absolute atomic E-state index is 12.8. The van der Waals surface area contributed by atoms with Gasteiger partial charge in [0.2, 0.25) is 0 Å². The first-order valence-corrected chi connectivity index (χ1v) is 11.6. The van der Waals surface area contributed by atoms with Gasteiger partial charge >= 0.3 is 5.97 Å². The third-order valence-corrected chi connectivity index (χ3v) is 6.39. The summed E-state index contributed by atoms with van der Waals surface area (Å²) < 4.78 is 11.4. The minimum Gasteiger partial charge on any atom is -0.493 e. The van der Waals surface area contributed by atoms with Crippen LogP contribution in [0.2, 0.25) is 0 Å². The number of likely N-dealkylation sites (N-methyl/N-ethyl adjacent to an activating group) is 1.